The fourth-order valence-corrected chi connectivity index (χ4v) is 3.23. The summed E-state index contributed by atoms with van der Waals surface area (Å²) in [6, 6.07) is 6.84. The van der Waals surface area contributed by atoms with Gasteiger partial charge in [0.05, 0.1) is 0 Å². The van der Waals surface area contributed by atoms with Crippen LogP contribution in [0.25, 0.3) is 0 Å². The summed E-state index contributed by atoms with van der Waals surface area (Å²) in [5.74, 6) is 0.862. The van der Waals surface area contributed by atoms with Gasteiger partial charge in [0.15, 0.2) is 6.29 Å². The topological polar surface area (TPSA) is 18.5 Å². The smallest absolute Gasteiger partial charge is 0.166 e. The van der Waals surface area contributed by atoms with Gasteiger partial charge in [-0.1, -0.05) is 6.07 Å². The van der Waals surface area contributed by atoms with Crippen molar-refractivity contribution in [1.82, 2.24) is 0 Å². The second-order valence-corrected chi connectivity index (χ2v) is 5.53. The van der Waals surface area contributed by atoms with Gasteiger partial charge in [-0.25, -0.2) is 0 Å². The maximum Gasteiger partial charge on any atom is 0.166 e. The molecule has 1 aliphatic rings. The predicted octanol–water partition coefficient (Wildman–Crippen LogP) is 3.67. The molecule has 0 fully saturated rings. The summed E-state index contributed by atoms with van der Waals surface area (Å²) in [7, 11) is 0. The third-order valence-electron chi connectivity index (χ3n) is 3.16. The molecular weight excluding hydrogens is 244 g/mol. The Morgan fingerprint density at radius 2 is 1.83 bits per heavy atom. The van der Waals surface area contributed by atoms with Gasteiger partial charge >= 0.3 is 0 Å². The number of ether oxygens (including phenoxy) is 2. The zero-order chi connectivity index (χ0) is 12.8. The van der Waals surface area contributed by atoms with E-state index in [-0.39, 0.29) is 6.29 Å². The molecule has 0 aromatic heterocycles. The molecule has 0 radical (unpaired) electrons. The summed E-state index contributed by atoms with van der Waals surface area (Å²) in [4.78, 5) is 1.33. The maximum atomic E-state index is 5.55. The van der Waals surface area contributed by atoms with Gasteiger partial charge in [-0.2, -0.15) is 0 Å². The number of fused-ring (bicyclic) bond motifs is 1. The van der Waals surface area contributed by atoms with E-state index < -0.39 is 0 Å². The van der Waals surface area contributed by atoms with Crippen LogP contribution < -0.4 is 0 Å². The van der Waals surface area contributed by atoms with Crippen molar-refractivity contribution >= 4 is 11.8 Å². The molecule has 0 saturated carbocycles. The average Bonchev–Trinajstić information content (AvgIpc) is 2.84. The molecule has 1 aliphatic carbocycles. The lowest BCUT2D eigenvalue weighted by molar-refractivity contribution is -0.120. The first-order valence-corrected chi connectivity index (χ1v) is 7.79. The number of hydrogen-bond donors (Lipinski definition) is 0. The van der Waals surface area contributed by atoms with Crippen molar-refractivity contribution in [2.75, 3.05) is 19.0 Å². The molecular formula is C15H22O2S. The highest BCUT2D eigenvalue weighted by Gasteiger charge is 2.12. The van der Waals surface area contributed by atoms with Crippen molar-refractivity contribution in [3.05, 3.63) is 29.3 Å². The number of aryl methyl sites for hydroxylation is 2. The lowest BCUT2D eigenvalue weighted by Gasteiger charge is -2.16. The monoisotopic (exact) mass is 266 g/mol. The molecule has 0 N–H and O–H groups in total. The highest BCUT2D eigenvalue weighted by Crippen LogP contribution is 2.28. The Morgan fingerprint density at radius 3 is 2.56 bits per heavy atom. The van der Waals surface area contributed by atoms with Gasteiger partial charge in [0.2, 0.25) is 0 Å². The van der Waals surface area contributed by atoms with Gasteiger partial charge in [0.1, 0.15) is 0 Å². The van der Waals surface area contributed by atoms with Gasteiger partial charge in [-0.15, -0.1) is 11.8 Å². The third-order valence-corrected chi connectivity index (χ3v) is 4.19. The first-order valence-electron chi connectivity index (χ1n) is 6.81. The van der Waals surface area contributed by atoms with E-state index in [0.29, 0.717) is 13.2 Å². The van der Waals surface area contributed by atoms with E-state index in [2.05, 4.69) is 18.2 Å². The first-order chi connectivity index (χ1) is 8.83. The second-order valence-electron chi connectivity index (χ2n) is 4.44. The van der Waals surface area contributed by atoms with Crippen LogP contribution in [0, 0.1) is 0 Å². The quantitative estimate of drug-likeness (QED) is 0.554. The Labute approximate surface area is 114 Å². The molecule has 0 amide bonds. The summed E-state index contributed by atoms with van der Waals surface area (Å²) in [5.41, 5.74) is 3.06. The fraction of sp³-hybridized carbons (Fsp3) is 0.600. The Balaban J connectivity index is 1.88. The Hall–Kier alpha value is -0.510. The van der Waals surface area contributed by atoms with Crippen LogP contribution in [0.15, 0.2) is 23.1 Å². The summed E-state index contributed by atoms with van der Waals surface area (Å²) in [6.07, 6.45) is 3.72. The molecule has 0 heterocycles. The molecule has 2 rings (SSSR count). The maximum absolute atomic E-state index is 5.55. The van der Waals surface area contributed by atoms with Gasteiger partial charge < -0.3 is 9.47 Å². The van der Waals surface area contributed by atoms with E-state index in [1.165, 1.54) is 35.3 Å². The lowest BCUT2D eigenvalue weighted by Crippen LogP contribution is -2.19. The molecule has 0 aliphatic heterocycles. The number of rotatable bonds is 7. The van der Waals surface area contributed by atoms with Crippen molar-refractivity contribution in [2.45, 2.75) is 44.3 Å². The number of hydrogen-bond acceptors (Lipinski definition) is 3. The summed E-state index contributed by atoms with van der Waals surface area (Å²) in [6.45, 7) is 5.42. The number of benzene rings is 1. The SMILES string of the molecule is CCOC(CSc1ccc2c(c1)CCC2)OCC. The van der Waals surface area contributed by atoms with Gasteiger partial charge in [-0.05, 0) is 56.4 Å². The zero-order valence-electron chi connectivity index (χ0n) is 11.3. The standard InChI is InChI=1S/C15H22O2S/c1-3-16-15(17-4-2)11-18-14-9-8-12-6-5-7-13(12)10-14/h8-10,15H,3-7,11H2,1-2H3. The Kier molecular flexibility index (Phi) is 5.54. The van der Waals surface area contributed by atoms with Crippen LogP contribution in [-0.2, 0) is 22.3 Å². The van der Waals surface area contributed by atoms with Crippen molar-refractivity contribution in [1.29, 1.82) is 0 Å². The van der Waals surface area contributed by atoms with E-state index >= 15 is 0 Å². The molecule has 18 heavy (non-hydrogen) atoms. The minimum Gasteiger partial charge on any atom is -0.352 e. The number of thioether (sulfide) groups is 1. The normalized spacial score (nSPS) is 14.2. The molecule has 0 spiro atoms. The molecule has 2 nitrogen and oxygen atoms in total. The minimum absolute atomic E-state index is 0.0849. The first kappa shape index (κ1) is 13.9. The lowest BCUT2D eigenvalue weighted by atomic mass is 10.1. The van der Waals surface area contributed by atoms with E-state index in [9.17, 15) is 0 Å². The molecule has 0 saturated heterocycles. The van der Waals surface area contributed by atoms with E-state index in [1.54, 1.807) is 0 Å². The van der Waals surface area contributed by atoms with Crippen LogP contribution in [-0.4, -0.2) is 25.3 Å². The van der Waals surface area contributed by atoms with Crippen molar-refractivity contribution < 1.29 is 9.47 Å². The zero-order valence-corrected chi connectivity index (χ0v) is 12.1. The third kappa shape index (κ3) is 3.74. The fourth-order valence-electron chi connectivity index (χ4n) is 2.32. The van der Waals surface area contributed by atoms with Gasteiger partial charge in [0, 0.05) is 23.9 Å². The van der Waals surface area contributed by atoms with Crippen LogP contribution in [0.3, 0.4) is 0 Å². The van der Waals surface area contributed by atoms with Crippen LogP contribution in [0.2, 0.25) is 0 Å². The van der Waals surface area contributed by atoms with Crippen molar-refractivity contribution in [3.63, 3.8) is 0 Å². The molecule has 1 aromatic carbocycles. The van der Waals surface area contributed by atoms with E-state index in [0.717, 1.165) is 5.75 Å². The molecule has 0 unspecified atom stereocenters. The molecule has 0 bridgehead atoms. The summed E-state index contributed by atoms with van der Waals surface area (Å²) in [5, 5.41) is 0. The van der Waals surface area contributed by atoms with E-state index in [1.807, 2.05) is 25.6 Å². The van der Waals surface area contributed by atoms with Gasteiger partial charge in [0.25, 0.3) is 0 Å². The molecule has 0 atom stereocenters. The summed E-state index contributed by atoms with van der Waals surface area (Å²) < 4.78 is 11.1. The highest BCUT2D eigenvalue weighted by atomic mass is 32.2. The average molecular weight is 266 g/mol. The molecule has 3 heteroatoms. The minimum atomic E-state index is -0.0849. The van der Waals surface area contributed by atoms with Crippen molar-refractivity contribution in [3.8, 4) is 0 Å². The van der Waals surface area contributed by atoms with Gasteiger partial charge in [-0.3, -0.25) is 0 Å². The van der Waals surface area contributed by atoms with Crippen LogP contribution in [0.1, 0.15) is 31.4 Å². The van der Waals surface area contributed by atoms with Crippen LogP contribution in [0.4, 0.5) is 0 Å². The van der Waals surface area contributed by atoms with Crippen molar-refractivity contribution in [2.24, 2.45) is 0 Å². The largest absolute Gasteiger partial charge is 0.352 e. The Morgan fingerprint density at radius 1 is 1.11 bits per heavy atom. The van der Waals surface area contributed by atoms with Crippen LogP contribution >= 0.6 is 11.8 Å². The second kappa shape index (κ2) is 7.17. The summed E-state index contributed by atoms with van der Waals surface area (Å²) >= 11 is 1.82. The van der Waals surface area contributed by atoms with E-state index in [4.69, 9.17) is 9.47 Å². The van der Waals surface area contributed by atoms with Crippen LogP contribution in [0.5, 0.6) is 0 Å². The Bertz CT molecular complexity index is 373. The molecule has 100 valence electrons. The predicted molar refractivity (Wildman–Crippen MR) is 76.2 cm³/mol. The molecule has 1 aromatic rings. The highest BCUT2D eigenvalue weighted by molar-refractivity contribution is 7.99.